The van der Waals surface area contributed by atoms with Crippen molar-refractivity contribution in [2.75, 3.05) is 39.4 Å². The maximum absolute atomic E-state index is 5.63. The summed E-state index contributed by atoms with van der Waals surface area (Å²) in [5, 5.41) is 3.58. The van der Waals surface area contributed by atoms with Crippen LogP contribution in [0, 0.1) is 5.92 Å². The van der Waals surface area contributed by atoms with Gasteiger partial charge in [0.05, 0.1) is 6.61 Å². The summed E-state index contributed by atoms with van der Waals surface area (Å²) in [5.74, 6) is 0.649. The summed E-state index contributed by atoms with van der Waals surface area (Å²) in [5.41, 5.74) is 0. The SMILES string of the molecule is CCCC1CN(CCOCC(C)C)CCN1. The number of nitrogens with zero attached hydrogens (tertiary/aromatic N) is 1. The van der Waals surface area contributed by atoms with Gasteiger partial charge in [-0.25, -0.2) is 0 Å². The van der Waals surface area contributed by atoms with Crippen molar-refractivity contribution in [2.24, 2.45) is 5.92 Å². The van der Waals surface area contributed by atoms with Gasteiger partial charge in [0.15, 0.2) is 0 Å². The van der Waals surface area contributed by atoms with Crippen molar-refractivity contribution in [3.63, 3.8) is 0 Å². The lowest BCUT2D eigenvalue weighted by atomic mass is 10.1. The van der Waals surface area contributed by atoms with Gasteiger partial charge in [0, 0.05) is 38.8 Å². The molecule has 0 saturated carbocycles. The van der Waals surface area contributed by atoms with Gasteiger partial charge in [0.1, 0.15) is 0 Å². The standard InChI is InChI=1S/C13H28N2O/c1-4-5-13-10-15(7-6-14-13)8-9-16-11-12(2)3/h12-14H,4-11H2,1-3H3. The van der Waals surface area contributed by atoms with Gasteiger partial charge >= 0.3 is 0 Å². The second kappa shape index (κ2) is 8.04. The van der Waals surface area contributed by atoms with Crippen LogP contribution in [0.15, 0.2) is 0 Å². The van der Waals surface area contributed by atoms with Crippen LogP contribution in [-0.4, -0.2) is 50.3 Å². The number of hydrogen-bond donors (Lipinski definition) is 1. The van der Waals surface area contributed by atoms with E-state index in [4.69, 9.17) is 4.74 Å². The Morgan fingerprint density at radius 1 is 1.44 bits per heavy atom. The molecule has 0 aromatic carbocycles. The second-order valence-electron chi connectivity index (χ2n) is 5.21. The highest BCUT2D eigenvalue weighted by atomic mass is 16.5. The number of nitrogens with one attached hydrogen (secondary N) is 1. The molecule has 96 valence electrons. The summed E-state index contributed by atoms with van der Waals surface area (Å²) in [6.45, 7) is 13.0. The maximum Gasteiger partial charge on any atom is 0.0593 e. The Bertz CT molecular complexity index is 171. The summed E-state index contributed by atoms with van der Waals surface area (Å²) in [6, 6.07) is 0.698. The van der Waals surface area contributed by atoms with E-state index in [0.717, 1.165) is 26.3 Å². The van der Waals surface area contributed by atoms with Crippen LogP contribution >= 0.6 is 0 Å². The molecule has 0 spiro atoms. The lowest BCUT2D eigenvalue weighted by Crippen LogP contribution is -2.51. The molecule has 16 heavy (non-hydrogen) atoms. The number of rotatable bonds is 7. The van der Waals surface area contributed by atoms with Crippen LogP contribution in [0.1, 0.15) is 33.6 Å². The van der Waals surface area contributed by atoms with Gasteiger partial charge in [-0.05, 0) is 12.3 Å². The molecule has 1 saturated heterocycles. The molecule has 0 radical (unpaired) electrons. The average Bonchev–Trinajstić information content (AvgIpc) is 2.25. The first-order valence-corrected chi connectivity index (χ1v) is 6.75. The van der Waals surface area contributed by atoms with Crippen molar-refractivity contribution in [3.8, 4) is 0 Å². The molecule has 1 N–H and O–H groups in total. The minimum Gasteiger partial charge on any atom is -0.380 e. The molecule has 0 aliphatic carbocycles. The molecule has 3 nitrogen and oxygen atoms in total. The van der Waals surface area contributed by atoms with E-state index < -0.39 is 0 Å². The normalized spacial score (nSPS) is 22.9. The third kappa shape index (κ3) is 5.83. The van der Waals surface area contributed by atoms with Gasteiger partial charge in [-0.15, -0.1) is 0 Å². The largest absolute Gasteiger partial charge is 0.380 e. The monoisotopic (exact) mass is 228 g/mol. The Morgan fingerprint density at radius 2 is 2.25 bits per heavy atom. The molecule has 1 fully saturated rings. The first-order valence-electron chi connectivity index (χ1n) is 6.75. The van der Waals surface area contributed by atoms with Crippen LogP contribution < -0.4 is 5.32 Å². The van der Waals surface area contributed by atoms with Gasteiger partial charge in [-0.3, -0.25) is 4.90 Å². The van der Waals surface area contributed by atoms with E-state index in [1.54, 1.807) is 0 Å². The smallest absolute Gasteiger partial charge is 0.0593 e. The summed E-state index contributed by atoms with van der Waals surface area (Å²) >= 11 is 0. The van der Waals surface area contributed by atoms with Crippen molar-refractivity contribution >= 4 is 0 Å². The van der Waals surface area contributed by atoms with Gasteiger partial charge in [0.2, 0.25) is 0 Å². The molecular weight excluding hydrogens is 200 g/mol. The minimum absolute atomic E-state index is 0.649. The highest BCUT2D eigenvalue weighted by Gasteiger charge is 2.17. The Kier molecular flexibility index (Phi) is 7.01. The fourth-order valence-corrected chi connectivity index (χ4v) is 2.15. The van der Waals surface area contributed by atoms with Crippen molar-refractivity contribution in [3.05, 3.63) is 0 Å². The molecule has 1 atom stereocenters. The number of ether oxygens (including phenoxy) is 1. The van der Waals surface area contributed by atoms with Crippen molar-refractivity contribution in [1.29, 1.82) is 0 Å². The number of hydrogen-bond acceptors (Lipinski definition) is 3. The van der Waals surface area contributed by atoms with Gasteiger partial charge < -0.3 is 10.1 Å². The van der Waals surface area contributed by atoms with Crippen LogP contribution in [-0.2, 0) is 4.74 Å². The minimum atomic E-state index is 0.649. The Balaban J connectivity index is 2.07. The van der Waals surface area contributed by atoms with Crippen molar-refractivity contribution in [2.45, 2.75) is 39.7 Å². The first-order chi connectivity index (χ1) is 7.72. The predicted molar refractivity (Wildman–Crippen MR) is 68.8 cm³/mol. The van der Waals surface area contributed by atoms with E-state index >= 15 is 0 Å². The zero-order valence-corrected chi connectivity index (χ0v) is 11.2. The molecule has 1 aliphatic heterocycles. The van der Waals surface area contributed by atoms with E-state index in [9.17, 15) is 0 Å². The predicted octanol–water partition coefficient (Wildman–Crippen LogP) is 1.73. The maximum atomic E-state index is 5.63. The van der Waals surface area contributed by atoms with Crippen LogP contribution in [0.2, 0.25) is 0 Å². The molecule has 1 aliphatic rings. The molecule has 0 aromatic heterocycles. The fraction of sp³-hybridized carbons (Fsp3) is 1.00. The lowest BCUT2D eigenvalue weighted by Gasteiger charge is -2.33. The van der Waals surface area contributed by atoms with E-state index in [1.807, 2.05) is 0 Å². The summed E-state index contributed by atoms with van der Waals surface area (Å²) in [4.78, 5) is 2.52. The zero-order chi connectivity index (χ0) is 11.8. The highest BCUT2D eigenvalue weighted by Crippen LogP contribution is 2.04. The van der Waals surface area contributed by atoms with Crippen molar-refractivity contribution in [1.82, 2.24) is 10.2 Å². The molecule has 1 heterocycles. The first kappa shape index (κ1) is 13.9. The van der Waals surface area contributed by atoms with Crippen LogP contribution in [0.25, 0.3) is 0 Å². The molecule has 3 heteroatoms. The third-order valence-electron chi connectivity index (χ3n) is 2.98. The van der Waals surface area contributed by atoms with Gasteiger partial charge in [-0.2, -0.15) is 0 Å². The highest BCUT2D eigenvalue weighted by molar-refractivity contribution is 4.77. The molecule has 1 unspecified atom stereocenters. The molecule has 0 amide bonds. The molecule has 1 rings (SSSR count). The lowest BCUT2D eigenvalue weighted by molar-refractivity contribution is 0.0757. The summed E-state index contributed by atoms with van der Waals surface area (Å²) in [6.07, 6.45) is 2.57. The fourth-order valence-electron chi connectivity index (χ4n) is 2.15. The molecular formula is C13H28N2O. The topological polar surface area (TPSA) is 24.5 Å². The van der Waals surface area contributed by atoms with E-state index in [-0.39, 0.29) is 0 Å². The van der Waals surface area contributed by atoms with Crippen LogP contribution in [0.5, 0.6) is 0 Å². The van der Waals surface area contributed by atoms with E-state index in [0.29, 0.717) is 12.0 Å². The molecule has 0 bridgehead atoms. The van der Waals surface area contributed by atoms with Crippen LogP contribution in [0.4, 0.5) is 0 Å². The van der Waals surface area contributed by atoms with Crippen LogP contribution in [0.3, 0.4) is 0 Å². The zero-order valence-electron chi connectivity index (χ0n) is 11.2. The number of piperazine rings is 1. The van der Waals surface area contributed by atoms with E-state index in [1.165, 1.54) is 25.9 Å². The van der Waals surface area contributed by atoms with Gasteiger partial charge in [0.25, 0.3) is 0 Å². The Morgan fingerprint density at radius 3 is 2.94 bits per heavy atom. The average molecular weight is 228 g/mol. The Hall–Kier alpha value is -0.120. The quantitative estimate of drug-likeness (QED) is 0.672. The van der Waals surface area contributed by atoms with E-state index in [2.05, 4.69) is 31.0 Å². The summed E-state index contributed by atoms with van der Waals surface area (Å²) in [7, 11) is 0. The van der Waals surface area contributed by atoms with Gasteiger partial charge in [-0.1, -0.05) is 27.2 Å². The second-order valence-corrected chi connectivity index (χ2v) is 5.21. The summed E-state index contributed by atoms with van der Waals surface area (Å²) < 4.78 is 5.63. The Labute approximate surface area is 101 Å². The molecule has 0 aromatic rings. The van der Waals surface area contributed by atoms with Crippen molar-refractivity contribution < 1.29 is 4.74 Å². The third-order valence-corrected chi connectivity index (χ3v) is 2.98.